The summed E-state index contributed by atoms with van der Waals surface area (Å²) in [6, 6.07) is 18.4. The zero-order chi connectivity index (χ0) is 20.8. The number of hydrogen-bond donors (Lipinski definition) is 0. The zero-order valence-corrected chi connectivity index (χ0v) is 16.3. The van der Waals surface area contributed by atoms with Gasteiger partial charge in [0, 0.05) is 23.6 Å². The molecule has 6 nitrogen and oxygen atoms in total. The summed E-state index contributed by atoms with van der Waals surface area (Å²) in [5, 5.41) is 18.0. The Hall–Kier alpha value is -3.45. The van der Waals surface area contributed by atoms with Gasteiger partial charge in [-0.05, 0) is 29.8 Å². The number of benzene rings is 3. The first-order valence-electron chi connectivity index (χ1n) is 9.32. The van der Waals surface area contributed by atoms with Crippen LogP contribution in [0.25, 0.3) is 0 Å². The normalized spacial score (nSPS) is 19.5. The van der Waals surface area contributed by atoms with Crippen molar-refractivity contribution in [2.24, 2.45) is 5.10 Å². The summed E-state index contributed by atoms with van der Waals surface area (Å²) in [7, 11) is 0. The molecule has 0 saturated carbocycles. The van der Waals surface area contributed by atoms with Gasteiger partial charge < -0.3 is 4.74 Å². The lowest BCUT2D eigenvalue weighted by Gasteiger charge is -2.38. The van der Waals surface area contributed by atoms with Gasteiger partial charge in [0.15, 0.2) is 0 Å². The summed E-state index contributed by atoms with van der Waals surface area (Å²) < 4.78 is 19.6. The third kappa shape index (κ3) is 3.07. The van der Waals surface area contributed by atoms with E-state index in [-0.39, 0.29) is 22.6 Å². The van der Waals surface area contributed by atoms with Crippen LogP contribution in [0.5, 0.6) is 5.75 Å². The molecule has 0 amide bonds. The number of ether oxygens (including phenoxy) is 1. The molecule has 0 N–H and O–H groups in total. The maximum atomic E-state index is 13.3. The molecule has 0 fully saturated rings. The van der Waals surface area contributed by atoms with E-state index in [1.807, 2.05) is 29.3 Å². The molecule has 0 aromatic heterocycles. The van der Waals surface area contributed by atoms with E-state index in [4.69, 9.17) is 21.4 Å². The number of para-hydroxylation sites is 1. The van der Waals surface area contributed by atoms with Gasteiger partial charge in [-0.1, -0.05) is 48.0 Å². The number of hydrazone groups is 1. The lowest BCUT2D eigenvalue weighted by atomic mass is 9.96. The largest absolute Gasteiger partial charge is 0.464 e. The fourth-order valence-electron chi connectivity index (χ4n) is 3.89. The van der Waals surface area contributed by atoms with Gasteiger partial charge in [0.2, 0.25) is 6.23 Å². The van der Waals surface area contributed by atoms with E-state index in [1.54, 1.807) is 18.2 Å². The van der Waals surface area contributed by atoms with Gasteiger partial charge in [-0.15, -0.1) is 0 Å². The van der Waals surface area contributed by atoms with Crippen LogP contribution in [0.15, 0.2) is 71.8 Å². The van der Waals surface area contributed by atoms with Crippen molar-refractivity contribution in [3.63, 3.8) is 0 Å². The van der Waals surface area contributed by atoms with Crippen molar-refractivity contribution in [2.45, 2.75) is 18.7 Å². The highest BCUT2D eigenvalue weighted by molar-refractivity contribution is 6.32. The van der Waals surface area contributed by atoms with Crippen LogP contribution in [0.3, 0.4) is 0 Å². The summed E-state index contributed by atoms with van der Waals surface area (Å²) in [5.41, 5.74) is 3.00. The molecule has 0 aliphatic carbocycles. The zero-order valence-electron chi connectivity index (χ0n) is 15.5. The molecule has 3 aromatic carbocycles. The molecule has 2 aliphatic heterocycles. The van der Waals surface area contributed by atoms with Crippen LogP contribution in [0.2, 0.25) is 5.02 Å². The van der Waals surface area contributed by atoms with Crippen molar-refractivity contribution in [1.82, 2.24) is 5.01 Å². The Kier molecular flexibility index (Phi) is 4.40. The first kappa shape index (κ1) is 18.6. The van der Waals surface area contributed by atoms with Crippen LogP contribution in [-0.2, 0) is 0 Å². The average Bonchev–Trinajstić information content (AvgIpc) is 3.19. The number of hydrogen-bond acceptors (Lipinski definition) is 5. The van der Waals surface area contributed by atoms with Crippen molar-refractivity contribution >= 4 is 23.0 Å². The van der Waals surface area contributed by atoms with Crippen LogP contribution in [0.4, 0.5) is 10.1 Å². The van der Waals surface area contributed by atoms with Crippen molar-refractivity contribution < 1.29 is 14.1 Å². The van der Waals surface area contributed by atoms with E-state index in [9.17, 15) is 14.5 Å². The second-order valence-corrected chi connectivity index (χ2v) is 7.54. The van der Waals surface area contributed by atoms with Gasteiger partial charge in [-0.25, -0.2) is 9.40 Å². The number of fused-ring (bicyclic) bond motifs is 3. The number of halogens is 2. The molecule has 2 atom stereocenters. The second-order valence-electron chi connectivity index (χ2n) is 7.13. The Balaban J connectivity index is 1.60. The highest BCUT2D eigenvalue weighted by Gasteiger charge is 2.41. The SMILES string of the molecule is O=[N+]([O-])c1cc([C@@H]2Oc3ccccc3[C@H]3CC(c4ccc(F)cc4)=NN32)ccc1Cl. The predicted molar refractivity (Wildman–Crippen MR) is 110 cm³/mol. The Morgan fingerprint density at radius 2 is 1.90 bits per heavy atom. The monoisotopic (exact) mass is 423 g/mol. The van der Waals surface area contributed by atoms with Gasteiger partial charge in [-0.3, -0.25) is 10.1 Å². The van der Waals surface area contributed by atoms with E-state index in [2.05, 4.69) is 0 Å². The molecule has 0 saturated heterocycles. The van der Waals surface area contributed by atoms with E-state index in [0.717, 1.165) is 16.8 Å². The Morgan fingerprint density at radius 1 is 1.13 bits per heavy atom. The van der Waals surface area contributed by atoms with Crippen LogP contribution >= 0.6 is 11.6 Å². The molecular formula is C22H15ClFN3O3. The summed E-state index contributed by atoms with van der Waals surface area (Å²) in [4.78, 5) is 10.8. The predicted octanol–water partition coefficient (Wildman–Crippen LogP) is 5.63. The first-order chi connectivity index (χ1) is 14.5. The molecule has 5 rings (SSSR count). The van der Waals surface area contributed by atoms with Gasteiger partial charge in [0.1, 0.15) is 16.6 Å². The molecule has 0 spiro atoms. The molecule has 0 radical (unpaired) electrons. The minimum atomic E-state index is -0.654. The summed E-state index contributed by atoms with van der Waals surface area (Å²) in [6.07, 6.45) is -0.0446. The Morgan fingerprint density at radius 3 is 2.67 bits per heavy atom. The van der Waals surface area contributed by atoms with Crippen LogP contribution < -0.4 is 4.74 Å². The fraction of sp³-hybridized carbons (Fsp3) is 0.136. The molecule has 8 heteroatoms. The standard InChI is InChI=1S/C22H15ClFN3O3/c23-17-10-7-14(11-20(17)27(28)29)22-26-19(16-3-1-2-4-21(16)30-22)12-18(25-26)13-5-8-15(24)9-6-13/h1-11,19,22H,12H2/t19-,22+/m1/s1. The summed E-state index contributed by atoms with van der Waals surface area (Å²) in [5.74, 6) is 0.395. The first-order valence-corrected chi connectivity index (χ1v) is 9.70. The van der Waals surface area contributed by atoms with Gasteiger partial charge in [0.05, 0.1) is 16.7 Å². The lowest BCUT2D eigenvalue weighted by Crippen LogP contribution is -2.33. The van der Waals surface area contributed by atoms with Gasteiger partial charge in [-0.2, -0.15) is 5.10 Å². The summed E-state index contributed by atoms with van der Waals surface area (Å²) in [6.45, 7) is 0. The highest BCUT2D eigenvalue weighted by Crippen LogP contribution is 2.48. The third-order valence-electron chi connectivity index (χ3n) is 5.33. The molecule has 150 valence electrons. The Labute approximate surface area is 176 Å². The molecule has 2 aliphatic rings. The van der Waals surface area contributed by atoms with E-state index in [1.165, 1.54) is 24.3 Å². The number of rotatable bonds is 3. The smallest absolute Gasteiger partial charge is 0.288 e. The van der Waals surface area contributed by atoms with E-state index >= 15 is 0 Å². The van der Waals surface area contributed by atoms with Crippen molar-refractivity contribution in [3.05, 3.63) is 104 Å². The number of nitro benzene ring substituents is 1. The van der Waals surface area contributed by atoms with E-state index < -0.39 is 11.2 Å². The number of nitrogens with zero attached hydrogens (tertiary/aromatic N) is 3. The fourth-order valence-corrected chi connectivity index (χ4v) is 4.08. The minimum absolute atomic E-state index is 0.0634. The van der Waals surface area contributed by atoms with Crippen LogP contribution in [-0.4, -0.2) is 15.6 Å². The third-order valence-corrected chi connectivity index (χ3v) is 5.65. The topological polar surface area (TPSA) is 68.0 Å². The van der Waals surface area contributed by atoms with Gasteiger partial charge in [0.25, 0.3) is 5.69 Å². The van der Waals surface area contributed by atoms with Crippen LogP contribution in [0, 0.1) is 15.9 Å². The van der Waals surface area contributed by atoms with Crippen molar-refractivity contribution in [3.8, 4) is 5.75 Å². The molecular weight excluding hydrogens is 409 g/mol. The maximum Gasteiger partial charge on any atom is 0.288 e. The number of nitro groups is 1. The lowest BCUT2D eigenvalue weighted by molar-refractivity contribution is -0.384. The molecule has 0 bridgehead atoms. The second kappa shape index (κ2) is 7.11. The van der Waals surface area contributed by atoms with E-state index in [0.29, 0.717) is 17.7 Å². The highest BCUT2D eigenvalue weighted by atomic mass is 35.5. The quantitative estimate of drug-likeness (QED) is 0.404. The Bertz CT molecular complexity index is 1180. The van der Waals surface area contributed by atoms with Crippen molar-refractivity contribution in [2.75, 3.05) is 0 Å². The molecule has 2 heterocycles. The molecule has 0 unspecified atom stereocenters. The molecule has 30 heavy (non-hydrogen) atoms. The molecule has 3 aromatic rings. The van der Waals surface area contributed by atoms with Crippen molar-refractivity contribution in [1.29, 1.82) is 0 Å². The van der Waals surface area contributed by atoms with Gasteiger partial charge >= 0.3 is 0 Å². The average molecular weight is 424 g/mol. The maximum absolute atomic E-state index is 13.3. The van der Waals surface area contributed by atoms with Crippen LogP contribution in [0.1, 0.15) is 35.4 Å². The summed E-state index contributed by atoms with van der Waals surface area (Å²) >= 11 is 5.98. The minimum Gasteiger partial charge on any atom is -0.464 e.